The monoisotopic (exact) mass is 266 g/mol. The summed E-state index contributed by atoms with van der Waals surface area (Å²) in [4.78, 5) is 26.7. The van der Waals surface area contributed by atoms with Gasteiger partial charge in [-0.25, -0.2) is 0 Å². The molecule has 108 valence electrons. The Morgan fingerprint density at radius 2 is 1.89 bits per heavy atom. The number of amides is 2. The summed E-state index contributed by atoms with van der Waals surface area (Å²) in [5, 5.41) is 0. The lowest BCUT2D eigenvalue weighted by molar-refractivity contribution is -0.144. The van der Waals surface area contributed by atoms with Crippen molar-refractivity contribution in [3.63, 3.8) is 0 Å². The number of carbonyl (C=O) groups excluding carboxylic acids is 2. The molecule has 0 aromatic rings. The molecule has 0 N–H and O–H groups in total. The van der Waals surface area contributed by atoms with Gasteiger partial charge in [-0.15, -0.1) is 0 Å². The van der Waals surface area contributed by atoms with Gasteiger partial charge in [-0.05, 0) is 25.2 Å². The zero-order valence-corrected chi connectivity index (χ0v) is 12.2. The minimum absolute atomic E-state index is 0.169. The quantitative estimate of drug-likeness (QED) is 0.681. The summed E-state index contributed by atoms with van der Waals surface area (Å²) in [6, 6.07) is 0.776. The van der Waals surface area contributed by atoms with Gasteiger partial charge in [0.25, 0.3) is 0 Å². The zero-order valence-electron chi connectivity index (χ0n) is 12.2. The Labute approximate surface area is 116 Å². The summed E-state index contributed by atoms with van der Waals surface area (Å²) in [5.41, 5.74) is 0. The second kappa shape index (κ2) is 6.40. The molecule has 2 heterocycles. The van der Waals surface area contributed by atoms with Gasteiger partial charge < -0.3 is 9.80 Å². The van der Waals surface area contributed by atoms with Gasteiger partial charge in [-0.2, -0.15) is 0 Å². The smallest absolute Gasteiger partial charge is 0.242 e. The highest BCUT2D eigenvalue weighted by Crippen LogP contribution is 2.40. The molecule has 19 heavy (non-hydrogen) atoms. The molecule has 1 aliphatic carbocycles. The minimum Gasteiger partial charge on any atom is -0.334 e. The number of nitrogens with zero attached hydrogens (tertiary/aromatic N) is 2. The third-order valence-corrected chi connectivity index (χ3v) is 4.67. The maximum atomic E-state index is 12.1. The van der Waals surface area contributed by atoms with E-state index in [1.165, 1.54) is 32.1 Å². The van der Waals surface area contributed by atoms with Crippen molar-refractivity contribution in [3.8, 4) is 0 Å². The van der Waals surface area contributed by atoms with Crippen molar-refractivity contribution in [2.24, 2.45) is 5.92 Å². The predicted octanol–water partition coefficient (Wildman–Crippen LogP) is 2.03. The molecule has 0 aromatic carbocycles. The molecule has 0 bridgehead atoms. The van der Waals surface area contributed by atoms with Crippen LogP contribution in [-0.2, 0) is 9.59 Å². The van der Waals surface area contributed by atoms with E-state index in [2.05, 4.69) is 4.90 Å². The van der Waals surface area contributed by atoms with Crippen LogP contribution in [0.2, 0.25) is 0 Å². The molecule has 0 unspecified atom stereocenters. The van der Waals surface area contributed by atoms with E-state index >= 15 is 0 Å². The Morgan fingerprint density at radius 3 is 2.63 bits per heavy atom. The van der Waals surface area contributed by atoms with Crippen molar-refractivity contribution in [1.82, 2.24) is 9.80 Å². The van der Waals surface area contributed by atoms with E-state index in [4.69, 9.17) is 0 Å². The summed E-state index contributed by atoms with van der Waals surface area (Å²) in [5.74, 6) is 0.862. The van der Waals surface area contributed by atoms with E-state index in [1.807, 2.05) is 13.8 Å². The molecule has 2 aliphatic heterocycles. The molecule has 3 aliphatic rings. The summed E-state index contributed by atoms with van der Waals surface area (Å²) < 4.78 is 0. The van der Waals surface area contributed by atoms with Gasteiger partial charge >= 0.3 is 0 Å². The standard InChI is InChI=1S/C13H20N2O2.C2H6/c16-9-14-7-11-6-10-4-2-1-3-5-12(10)15(11)13(17)8-14;1-2/h9-12H,1-8H2;1-2H3/t10-,11+,12+;/m0./s1. The van der Waals surface area contributed by atoms with Crippen molar-refractivity contribution in [2.75, 3.05) is 13.1 Å². The van der Waals surface area contributed by atoms with Crippen LogP contribution in [0.4, 0.5) is 0 Å². The van der Waals surface area contributed by atoms with E-state index in [-0.39, 0.29) is 5.91 Å². The third-order valence-electron chi connectivity index (χ3n) is 4.67. The van der Waals surface area contributed by atoms with Crippen LogP contribution in [0.3, 0.4) is 0 Å². The van der Waals surface area contributed by atoms with Crippen LogP contribution in [0.1, 0.15) is 52.4 Å². The molecule has 0 radical (unpaired) electrons. The van der Waals surface area contributed by atoms with Gasteiger partial charge in [0.15, 0.2) is 0 Å². The van der Waals surface area contributed by atoms with Crippen molar-refractivity contribution in [3.05, 3.63) is 0 Å². The van der Waals surface area contributed by atoms with E-state index in [0.717, 1.165) is 19.4 Å². The Bertz CT molecular complexity index is 332. The number of hydrogen-bond acceptors (Lipinski definition) is 2. The lowest BCUT2D eigenvalue weighted by atomic mass is 9.94. The number of hydrogen-bond donors (Lipinski definition) is 0. The Balaban J connectivity index is 0.000000637. The molecule has 1 saturated carbocycles. The summed E-state index contributed by atoms with van der Waals surface area (Å²) in [6.07, 6.45) is 8.27. The van der Waals surface area contributed by atoms with E-state index in [0.29, 0.717) is 24.5 Å². The fraction of sp³-hybridized carbons (Fsp3) is 0.867. The molecule has 3 rings (SSSR count). The maximum Gasteiger partial charge on any atom is 0.242 e. The van der Waals surface area contributed by atoms with Gasteiger partial charge in [-0.3, -0.25) is 9.59 Å². The Hall–Kier alpha value is -1.06. The van der Waals surface area contributed by atoms with Crippen molar-refractivity contribution >= 4 is 12.3 Å². The average Bonchev–Trinajstić information content (AvgIpc) is 2.63. The maximum absolute atomic E-state index is 12.1. The summed E-state index contributed by atoms with van der Waals surface area (Å²) in [6.45, 7) is 5.05. The Kier molecular flexibility index (Phi) is 4.83. The highest BCUT2D eigenvalue weighted by atomic mass is 16.2. The van der Waals surface area contributed by atoms with Crippen molar-refractivity contribution in [1.29, 1.82) is 0 Å². The molecule has 2 saturated heterocycles. The van der Waals surface area contributed by atoms with E-state index < -0.39 is 0 Å². The van der Waals surface area contributed by atoms with Crippen LogP contribution >= 0.6 is 0 Å². The molecule has 3 atom stereocenters. The van der Waals surface area contributed by atoms with Crippen molar-refractivity contribution < 1.29 is 9.59 Å². The molecular weight excluding hydrogens is 240 g/mol. The average molecular weight is 266 g/mol. The predicted molar refractivity (Wildman–Crippen MR) is 74.6 cm³/mol. The largest absolute Gasteiger partial charge is 0.334 e. The Morgan fingerprint density at radius 1 is 1.16 bits per heavy atom. The minimum atomic E-state index is 0.169. The molecule has 4 nitrogen and oxygen atoms in total. The molecular formula is C15H26N2O2. The molecule has 0 aromatic heterocycles. The normalized spacial score (nSPS) is 33.8. The second-order valence-electron chi connectivity index (χ2n) is 5.69. The van der Waals surface area contributed by atoms with Crippen LogP contribution in [0.25, 0.3) is 0 Å². The third kappa shape index (κ3) is 2.77. The van der Waals surface area contributed by atoms with Crippen LogP contribution in [0.5, 0.6) is 0 Å². The fourth-order valence-corrected chi connectivity index (χ4v) is 3.96. The SMILES string of the molecule is CC.O=CN1CC(=O)N2[C@H](C[C@@H]3CCCCC[C@H]32)C1. The van der Waals surface area contributed by atoms with E-state index in [9.17, 15) is 9.59 Å². The first kappa shape index (κ1) is 14.4. The first-order valence-corrected chi connectivity index (χ1v) is 7.80. The molecule has 4 heteroatoms. The van der Waals surface area contributed by atoms with Gasteiger partial charge in [0.05, 0.1) is 6.54 Å². The van der Waals surface area contributed by atoms with Crippen molar-refractivity contribution in [2.45, 2.75) is 64.5 Å². The molecule has 0 spiro atoms. The first-order chi connectivity index (χ1) is 9.29. The van der Waals surface area contributed by atoms with Crippen LogP contribution in [-0.4, -0.2) is 47.3 Å². The molecule has 3 fully saturated rings. The van der Waals surface area contributed by atoms with Gasteiger partial charge in [0.2, 0.25) is 12.3 Å². The summed E-state index contributed by atoms with van der Waals surface area (Å²) >= 11 is 0. The molecule has 2 amide bonds. The van der Waals surface area contributed by atoms with Gasteiger partial charge in [0, 0.05) is 18.6 Å². The van der Waals surface area contributed by atoms with E-state index in [1.54, 1.807) is 4.90 Å². The zero-order chi connectivity index (χ0) is 13.8. The lowest BCUT2D eigenvalue weighted by Crippen LogP contribution is -2.55. The fourth-order valence-electron chi connectivity index (χ4n) is 3.96. The number of piperazine rings is 1. The van der Waals surface area contributed by atoms with Gasteiger partial charge in [-0.1, -0.05) is 33.1 Å². The van der Waals surface area contributed by atoms with Crippen LogP contribution in [0, 0.1) is 5.92 Å². The first-order valence-electron chi connectivity index (χ1n) is 7.80. The highest BCUT2D eigenvalue weighted by Gasteiger charge is 2.46. The van der Waals surface area contributed by atoms with Gasteiger partial charge in [0.1, 0.15) is 0 Å². The van der Waals surface area contributed by atoms with Crippen LogP contribution < -0.4 is 0 Å². The summed E-state index contributed by atoms with van der Waals surface area (Å²) in [7, 11) is 0. The highest BCUT2D eigenvalue weighted by molar-refractivity contribution is 5.82. The lowest BCUT2D eigenvalue weighted by Gasteiger charge is -2.38. The topological polar surface area (TPSA) is 40.6 Å². The van der Waals surface area contributed by atoms with Crippen LogP contribution in [0.15, 0.2) is 0 Å². The number of carbonyl (C=O) groups is 2. The number of rotatable bonds is 1. The second-order valence-corrected chi connectivity index (χ2v) is 5.69. The number of fused-ring (bicyclic) bond motifs is 3.